The molecule has 3 N–H and O–H groups in total. The van der Waals surface area contributed by atoms with Crippen LogP contribution >= 0.6 is 0 Å². The molecule has 0 aliphatic rings. The maximum absolute atomic E-state index is 5.59. The molecule has 0 aliphatic heterocycles. The zero-order valence-corrected chi connectivity index (χ0v) is 13.3. The van der Waals surface area contributed by atoms with Gasteiger partial charge in [-0.15, -0.1) is 0 Å². The lowest BCUT2D eigenvalue weighted by Gasteiger charge is -2.25. The van der Waals surface area contributed by atoms with Crippen LogP contribution in [0.15, 0.2) is 24.5 Å². The van der Waals surface area contributed by atoms with Crippen molar-refractivity contribution >= 4 is 17.3 Å². The SMILES string of the molecule is Cc1ccc(N(C)c2ncnc(NN)c2C(C)C)c(C)c1. The van der Waals surface area contributed by atoms with Gasteiger partial charge in [-0.2, -0.15) is 0 Å². The van der Waals surface area contributed by atoms with Crippen LogP contribution in [0.25, 0.3) is 0 Å². The largest absolute Gasteiger partial charge is 0.329 e. The summed E-state index contributed by atoms with van der Waals surface area (Å²) in [6.07, 6.45) is 1.54. The lowest BCUT2D eigenvalue weighted by atomic mass is 10.0. The van der Waals surface area contributed by atoms with Crippen LogP contribution in [0.2, 0.25) is 0 Å². The summed E-state index contributed by atoms with van der Waals surface area (Å²) in [5.41, 5.74) is 7.28. The number of aromatic nitrogens is 2. The second-order valence-electron chi connectivity index (χ2n) is 5.61. The Hall–Kier alpha value is -2.14. The number of hydrazine groups is 1. The van der Waals surface area contributed by atoms with E-state index in [1.54, 1.807) is 0 Å². The number of hydrogen-bond donors (Lipinski definition) is 2. The Bertz CT molecular complexity index is 637. The topological polar surface area (TPSA) is 67.1 Å². The van der Waals surface area contributed by atoms with Crippen LogP contribution in [0.5, 0.6) is 0 Å². The van der Waals surface area contributed by atoms with E-state index < -0.39 is 0 Å². The van der Waals surface area contributed by atoms with Gasteiger partial charge < -0.3 is 10.3 Å². The van der Waals surface area contributed by atoms with Gasteiger partial charge in [-0.05, 0) is 31.4 Å². The molecule has 0 spiro atoms. The number of rotatable bonds is 4. The third-order valence-electron chi connectivity index (χ3n) is 3.61. The monoisotopic (exact) mass is 285 g/mol. The number of nitrogen functional groups attached to an aromatic ring is 1. The molecule has 5 nitrogen and oxygen atoms in total. The van der Waals surface area contributed by atoms with E-state index in [0.717, 1.165) is 17.1 Å². The van der Waals surface area contributed by atoms with Gasteiger partial charge in [-0.3, -0.25) is 0 Å². The zero-order valence-electron chi connectivity index (χ0n) is 13.3. The Morgan fingerprint density at radius 1 is 1.19 bits per heavy atom. The summed E-state index contributed by atoms with van der Waals surface area (Å²) in [6, 6.07) is 6.40. The molecular formula is C16H23N5. The summed E-state index contributed by atoms with van der Waals surface area (Å²) in [5.74, 6) is 7.40. The lowest BCUT2D eigenvalue weighted by Crippen LogP contribution is -2.19. The first-order chi connectivity index (χ1) is 9.95. The van der Waals surface area contributed by atoms with E-state index >= 15 is 0 Å². The van der Waals surface area contributed by atoms with E-state index in [2.05, 4.69) is 66.2 Å². The molecular weight excluding hydrogens is 262 g/mol. The number of aryl methyl sites for hydroxylation is 2. The highest BCUT2D eigenvalue weighted by Gasteiger charge is 2.19. The average Bonchev–Trinajstić information content (AvgIpc) is 2.45. The minimum atomic E-state index is 0.264. The molecule has 0 radical (unpaired) electrons. The van der Waals surface area contributed by atoms with E-state index in [9.17, 15) is 0 Å². The number of anilines is 3. The number of benzene rings is 1. The maximum Gasteiger partial charge on any atom is 0.148 e. The van der Waals surface area contributed by atoms with Gasteiger partial charge in [-0.25, -0.2) is 15.8 Å². The Kier molecular flexibility index (Phi) is 4.43. The molecule has 1 aromatic heterocycles. The van der Waals surface area contributed by atoms with Crippen molar-refractivity contribution in [1.82, 2.24) is 9.97 Å². The van der Waals surface area contributed by atoms with E-state index in [0.29, 0.717) is 5.82 Å². The number of nitrogens with zero attached hydrogens (tertiary/aromatic N) is 3. The highest BCUT2D eigenvalue weighted by molar-refractivity contribution is 5.69. The van der Waals surface area contributed by atoms with Crippen LogP contribution in [0.1, 0.15) is 36.5 Å². The molecule has 2 aromatic rings. The van der Waals surface area contributed by atoms with Crippen molar-refractivity contribution in [2.75, 3.05) is 17.4 Å². The quantitative estimate of drug-likeness (QED) is 0.666. The smallest absolute Gasteiger partial charge is 0.148 e. The first-order valence-corrected chi connectivity index (χ1v) is 7.08. The van der Waals surface area contributed by atoms with E-state index in [1.165, 1.54) is 17.5 Å². The van der Waals surface area contributed by atoms with Crippen LogP contribution in [-0.4, -0.2) is 17.0 Å². The number of hydrogen-bond acceptors (Lipinski definition) is 5. The van der Waals surface area contributed by atoms with Gasteiger partial charge in [-0.1, -0.05) is 31.5 Å². The van der Waals surface area contributed by atoms with Gasteiger partial charge in [0.1, 0.15) is 18.0 Å². The summed E-state index contributed by atoms with van der Waals surface area (Å²) < 4.78 is 0. The van der Waals surface area contributed by atoms with Gasteiger partial charge >= 0.3 is 0 Å². The highest BCUT2D eigenvalue weighted by atomic mass is 15.3. The fourth-order valence-corrected chi connectivity index (χ4v) is 2.60. The lowest BCUT2D eigenvalue weighted by molar-refractivity contribution is 0.839. The van der Waals surface area contributed by atoms with Crippen LogP contribution in [0.3, 0.4) is 0 Å². The van der Waals surface area contributed by atoms with Crippen molar-refractivity contribution in [2.24, 2.45) is 5.84 Å². The Balaban J connectivity index is 2.55. The van der Waals surface area contributed by atoms with Crippen molar-refractivity contribution in [3.63, 3.8) is 0 Å². The average molecular weight is 285 g/mol. The third-order valence-corrected chi connectivity index (χ3v) is 3.61. The minimum Gasteiger partial charge on any atom is -0.329 e. The van der Waals surface area contributed by atoms with Gasteiger partial charge in [0.2, 0.25) is 0 Å². The van der Waals surface area contributed by atoms with Crippen molar-refractivity contribution in [2.45, 2.75) is 33.6 Å². The van der Waals surface area contributed by atoms with Gasteiger partial charge in [0.05, 0.1) is 0 Å². The number of nitrogens with one attached hydrogen (secondary N) is 1. The molecule has 0 bridgehead atoms. The zero-order chi connectivity index (χ0) is 15.6. The van der Waals surface area contributed by atoms with Crippen LogP contribution in [0.4, 0.5) is 17.3 Å². The summed E-state index contributed by atoms with van der Waals surface area (Å²) >= 11 is 0. The predicted molar refractivity (Wildman–Crippen MR) is 87.9 cm³/mol. The third kappa shape index (κ3) is 2.97. The van der Waals surface area contributed by atoms with Gasteiger partial charge in [0, 0.05) is 18.3 Å². The van der Waals surface area contributed by atoms with Crippen LogP contribution < -0.4 is 16.2 Å². The van der Waals surface area contributed by atoms with Gasteiger partial charge in [0.15, 0.2) is 0 Å². The van der Waals surface area contributed by atoms with Crippen LogP contribution in [-0.2, 0) is 0 Å². The minimum absolute atomic E-state index is 0.264. The van der Waals surface area contributed by atoms with E-state index in [4.69, 9.17) is 5.84 Å². The van der Waals surface area contributed by atoms with Crippen molar-refractivity contribution in [3.05, 3.63) is 41.2 Å². The fraction of sp³-hybridized carbons (Fsp3) is 0.375. The van der Waals surface area contributed by atoms with E-state index in [1.807, 2.05) is 7.05 Å². The maximum atomic E-state index is 5.59. The van der Waals surface area contributed by atoms with Crippen molar-refractivity contribution < 1.29 is 0 Å². The molecule has 0 aliphatic carbocycles. The highest BCUT2D eigenvalue weighted by Crippen LogP contribution is 2.34. The standard InChI is InChI=1S/C16H23N5/c1-10(2)14-15(20-17)18-9-19-16(14)21(5)13-7-6-11(3)8-12(13)4/h6-10H,17H2,1-5H3,(H,18,19,20). The molecule has 0 atom stereocenters. The first kappa shape index (κ1) is 15.3. The summed E-state index contributed by atoms with van der Waals surface area (Å²) in [6.45, 7) is 8.42. The molecule has 0 saturated heterocycles. The second kappa shape index (κ2) is 6.10. The van der Waals surface area contributed by atoms with Gasteiger partial charge in [0.25, 0.3) is 0 Å². The molecule has 21 heavy (non-hydrogen) atoms. The second-order valence-corrected chi connectivity index (χ2v) is 5.61. The molecule has 1 aromatic carbocycles. The molecule has 0 saturated carbocycles. The molecule has 2 rings (SSSR count). The molecule has 5 heteroatoms. The molecule has 0 unspecified atom stereocenters. The summed E-state index contributed by atoms with van der Waals surface area (Å²) in [7, 11) is 2.02. The molecule has 0 amide bonds. The fourth-order valence-electron chi connectivity index (χ4n) is 2.60. The molecule has 0 fully saturated rings. The van der Waals surface area contributed by atoms with Crippen LogP contribution in [0, 0.1) is 13.8 Å². The Morgan fingerprint density at radius 2 is 1.90 bits per heavy atom. The normalized spacial score (nSPS) is 10.8. The van der Waals surface area contributed by atoms with Crippen molar-refractivity contribution in [1.29, 1.82) is 0 Å². The molecule has 112 valence electrons. The molecule has 1 heterocycles. The Morgan fingerprint density at radius 3 is 2.48 bits per heavy atom. The summed E-state index contributed by atoms with van der Waals surface area (Å²) in [4.78, 5) is 10.8. The Labute approximate surface area is 126 Å². The van der Waals surface area contributed by atoms with Crippen molar-refractivity contribution in [3.8, 4) is 0 Å². The van der Waals surface area contributed by atoms with E-state index in [-0.39, 0.29) is 5.92 Å². The summed E-state index contributed by atoms with van der Waals surface area (Å²) in [5, 5.41) is 0. The first-order valence-electron chi connectivity index (χ1n) is 7.08. The predicted octanol–water partition coefficient (Wildman–Crippen LogP) is 3.27. The number of nitrogens with two attached hydrogens (primary N) is 1.